The van der Waals surface area contributed by atoms with Crippen LogP contribution in [0.25, 0.3) is 22.3 Å². The number of hydrogen-bond acceptors (Lipinski definition) is 7. The summed E-state index contributed by atoms with van der Waals surface area (Å²) in [5.41, 5.74) is 3.96. The van der Waals surface area contributed by atoms with E-state index in [0.29, 0.717) is 35.7 Å². The highest BCUT2D eigenvalue weighted by Gasteiger charge is 2.31. The second kappa shape index (κ2) is 14.5. The van der Waals surface area contributed by atoms with Gasteiger partial charge in [-0.3, -0.25) is 14.4 Å². The molecule has 0 radical (unpaired) electrons. The summed E-state index contributed by atoms with van der Waals surface area (Å²) in [6.45, 7) is 2.51. The van der Waals surface area contributed by atoms with Crippen molar-refractivity contribution in [1.29, 1.82) is 0 Å². The summed E-state index contributed by atoms with van der Waals surface area (Å²) in [5.74, 6) is 0.408. The van der Waals surface area contributed by atoms with Crippen molar-refractivity contribution >= 4 is 28.5 Å². The maximum absolute atomic E-state index is 14.4. The van der Waals surface area contributed by atoms with E-state index in [4.69, 9.17) is 18.6 Å². The molecule has 1 saturated heterocycles. The van der Waals surface area contributed by atoms with Gasteiger partial charge in [-0.25, -0.2) is 4.90 Å². The van der Waals surface area contributed by atoms with E-state index in [-0.39, 0.29) is 66.0 Å². The second-order valence-corrected chi connectivity index (χ2v) is 12.2. The Hall–Kier alpha value is -6.15. The molecule has 8 heteroatoms. The number of ether oxygens (including phenoxy) is 3. The standard InChI is InChI=1S/C42H35NO7/c1-28-22-33-39(46)42(49-27-31-16-9-4-10-17-31)40(50-41(33)34(23-28)43-37(44)18-11-19-38(43)45)32-20-21-35(47-25-29-12-5-2-6-13-29)36(24-32)48-26-30-14-7-3-8-15-30/h2-10,12-17,20-24H,11,18-19,25-27H2,1H3. The molecule has 0 atom stereocenters. The van der Waals surface area contributed by atoms with Crippen LogP contribution in [0.4, 0.5) is 5.69 Å². The number of nitrogens with zero attached hydrogens (tertiary/aromatic N) is 1. The molecular weight excluding hydrogens is 630 g/mol. The molecule has 1 aromatic heterocycles. The third kappa shape index (κ3) is 7.00. The fourth-order valence-corrected chi connectivity index (χ4v) is 5.99. The highest BCUT2D eigenvalue weighted by Crippen LogP contribution is 2.40. The molecule has 1 aliphatic heterocycles. The number of rotatable bonds is 11. The van der Waals surface area contributed by atoms with Crippen molar-refractivity contribution in [1.82, 2.24) is 0 Å². The van der Waals surface area contributed by atoms with Gasteiger partial charge >= 0.3 is 0 Å². The number of hydrogen-bond donors (Lipinski definition) is 0. The molecule has 0 aliphatic carbocycles. The normalized spacial score (nSPS) is 13.0. The largest absolute Gasteiger partial charge is 0.485 e. The minimum Gasteiger partial charge on any atom is -0.485 e. The Balaban J connectivity index is 1.37. The molecular formula is C42H35NO7. The summed E-state index contributed by atoms with van der Waals surface area (Å²) in [6.07, 6.45) is 0.932. The zero-order valence-electron chi connectivity index (χ0n) is 27.6. The van der Waals surface area contributed by atoms with Crippen molar-refractivity contribution in [3.8, 4) is 28.6 Å². The molecule has 250 valence electrons. The van der Waals surface area contributed by atoms with E-state index in [1.54, 1.807) is 30.3 Å². The third-order valence-corrected chi connectivity index (χ3v) is 8.50. The first-order valence-corrected chi connectivity index (χ1v) is 16.6. The number of piperidine rings is 1. The minimum absolute atomic E-state index is 0.00108. The second-order valence-electron chi connectivity index (χ2n) is 12.2. The zero-order valence-corrected chi connectivity index (χ0v) is 27.6. The first-order valence-electron chi connectivity index (χ1n) is 16.6. The number of carbonyl (C=O) groups excluding carboxylic acids is 2. The Bertz CT molecular complexity index is 2200. The Morgan fingerprint density at radius 3 is 1.74 bits per heavy atom. The van der Waals surface area contributed by atoms with Crippen molar-refractivity contribution < 1.29 is 28.2 Å². The molecule has 0 spiro atoms. The summed E-state index contributed by atoms with van der Waals surface area (Å²) in [6, 6.07) is 37.8. The summed E-state index contributed by atoms with van der Waals surface area (Å²) in [5, 5.41) is 0.210. The van der Waals surface area contributed by atoms with Crippen molar-refractivity contribution in [2.24, 2.45) is 0 Å². The number of anilines is 1. The van der Waals surface area contributed by atoms with Crippen LogP contribution >= 0.6 is 0 Å². The van der Waals surface area contributed by atoms with Crippen LogP contribution in [0.3, 0.4) is 0 Å². The van der Waals surface area contributed by atoms with E-state index in [1.165, 1.54) is 0 Å². The predicted octanol–water partition coefficient (Wildman–Crippen LogP) is 8.55. The predicted molar refractivity (Wildman–Crippen MR) is 191 cm³/mol. The van der Waals surface area contributed by atoms with Crippen LogP contribution in [0.2, 0.25) is 0 Å². The first-order chi connectivity index (χ1) is 24.4. The van der Waals surface area contributed by atoms with Crippen molar-refractivity contribution in [3.63, 3.8) is 0 Å². The molecule has 2 amide bonds. The lowest BCUT2D eigenvalue weighted by atomic mass is 10.0. The minimum atomic E-state index is -0.421. The van der Waals surface area contributed by atoms with Gasteiger partial charge in [0.15, 0.2) is 22.8 Å². The first kappa shape index (κ1) is 32.4. The molecule has 0 unspecified atom stereocenters. The Morgan fingerprint density at radius 2 is 1.16 bits per heavy atom. The van der Waals surface area contributed by atoms with Gasteiger partial charge in [-0.15, -0.1) is 0 Å². The lowest BCUT2D eigenvalue weighted by molar-refractivity contribution is -0.129. The third-order valence-electron chi connectivity index (χ3n) is 8.50. The van der Waals surface area contributed by atoms with E-state index in [0.717, 1.165) is 21.6 Å². The molecule has 6 aromatic rings. The van der Waals surface area contributed by atoms with Crippen LogP contribution in [0, 0.1) is 6.92 Å². The molecule has 1 fully saturated rings. The van der Waals surface area contributed by atoms with Crippen LogP contribution < -0.4 is 24.5 Å². The highest BCUT2D eigenvalue weighted by atomic mass is 16.5. The molecule has 8 nitrogen and oxygen atoms in total. The number of fused-ring (bicyclic) bond motifs is 1. The van der Waals surface area contributed by atoms with Crippen molar-refractivity contribution in [3.05, 3.63) is 154 Å². The van der Waals surface area contributed by atoms with Gasteiger partial charge in [-0.05, 0) is 65.9 Å². The van der Waals surface area contributed by atoms with Crippen LogP contribution in [-0.4, -0.2) is 11.8 Å². The fourth-order valence-electron chi connectivity index (χ4n) is 5.99. The van der Waals surface area contributed by atoms with Crippen LogP contribution in [0.5, 0.6) is 17.2 Å². The summed E-state index contributed by atoms with van der Waals surface area (Å²) < 4.78 is 25.4. The maximum Gasteiger partial charge on any atom is 0.235 e. The van der Waals surface area contributed by atoms with E-state index < -0.39 is 5.43 Å². The van der Waals surface area contributed by atoms with Crippen molar-refractivity contribution in [2.45, 2.75) is 46.0 Å². The molecule has 0 N–H and O–H groups in total. The number of amides is 2. The van der Waals surface area contributed by atoms with Crippen LogP contribution in [0.15, 0.2) is 131 Å². The number of carbonyl (C=O) groups is 2. The molecule has 2 heterocycles. The maximum atomic E-state index is 14.4. The lowest BCUT2D eigenvalue weighted by Gasteiger charge is -2.26. The Labute approximate surface area is 289 Å². The quantitative estimate of drug-likeness (QED) is 0.128. The summed E-state index contributed by atoms with van der Waals surface area (Å²) >= 11 is 0. The van der Waals surface area contributed by atoms with E-state index >= 15 is 0 Å². The van der Waals surface area contributed by atoms with Gasteiger partial charge in [0.1, 0.15) is 19.8 Å². The molecule has 0 bridgehead atoms. The SMILES string of the molecule is Cc1cc(N2C(=O)CCCC2=O)c2oc(-c3ccc(OCc4ccccc4)c(OCc4ccccc4)c3)c(OCc3ccccc3)c(=O)c2c1. The van der Waals surface area contributed by atoms with E-state index in [1.807, 2.05) is 97.9 Å². The average molecular weight is 666 g/mol. The van der Waals surface area contributed by atoms with Gasteiger partial charge in [0, 0.05) is 18.4 Å². The topological polar surface area (TPSA) is 95.3 Å². The molecule has 5 aromatic carbocycles. The van der Waals surface area contributed by atoms with Gasteiger partial charge in [-0.2, -0.15) is 0 Å². The van der Waals surface area contributed by atoms with Gasteiger partial charge in [0.05, 0.1) is 11.1 Å². The Kier molecular flexibility index (Phi) is 9.42. The van der Waals surface area contributed by atoms with Gasteiger partial charge < -0.3 is 18.6 Å². The molecule has 50 heavy (non-hydrogen) atoms. The van der Waals surface area contributed by atoms with Gasteiger partial charge in [-0.1, -0.05) is 91.0 Å². The Morgan fingerprint density at radius 1 is 0.620 bits per heavy atom. The average Bonchev–Trinajstić information content (AvgIpc) is 3.14. The number of imide groups is 1. The molecule has 0 saturated carbocycles. The highest BCUT2D eigenvalue weighted by molar-refractivity contribution is 6.19. The molecule has 1 aliphatic rings. The van der Waals surface area contributed by atoms with Crippen molar-refractivity contribution in [2.75, 3.05) is 4.90 Å². The van der Waals surface area contributed by atoms with Gasteiger partial charge in [0.2, 0.25) is 23.0 Å². The monoisotopic (exact) mass is 665 g/mol. The number of aryl methyl sites for hydroxylation is 1. The van der Waals surface area contributed by atoms with Gasteiger partial charge in [0.25, 0.3) is 0 Å². The lowest BCUT2D eigenvalue weighted by Crippen LogP contribution is -2.40. The number of benzene rings is 5. The summed E-state index contributed by atoms with van der Waals surface area (Å²) in [7, 11) is 0. The molecule has 7 rings (SSSR count). The van der Waals surface area contributed by atoms with E-state index in [2.05, 4.69) is 0 Å². The fraction of sp³-hybridized carbons (Fsp3) is 0.167. The zero-order chi connectivity index (χ0) is 34.5. The van der Waals surface area contributed by atoms with E-state index in [9.17, 15) is 14.4 Å². The smallest absolute Gasteiger partial charge is 0.235 e. The summed E-state index contributed by atoms with van der Waals surface area (Å²) in [4.78, 5) is 41.7. The van der Waals surface area contributed by atoms with Crippen LogP contribution in [-0.2, 0) is 29.4 Å². The van der Waals surface area contributed by atoms with Crippen LogP contribution in [0.1, 0.15) is 41.5 Å².